The molecule has 0 bridgehead atoms. The van der Waals surface area contributed by atoms with Crippen molar-refractivity contribution >= 4 is 23.4 Å². The highest BCUT2D eigenvalue weighted by molar-refractivity contribution is 5.77. The molecule has 2 rings (SSSR count). The molecule has 0 aromatic carbocycles. The van der Waals surface area contributed by atoms with Gasteiger partial charge in [0.2, 0.25) is 17.7 Å². The van der Waals surface area contributed by atoms with Crippen LogP contribution in [0.2, 0.25) is 0 Å². The Morgan fingerprint density at radius 1 is 1.27 bits per heavy atom. The van der Waals surface area contributed by atoms with Gasteiger partial charge in [-0.1, -0.05) is 18.8 Å². The van der Waals surface area contributed by atoms with Crippen LogP contribution in [0.4, 0.5) is 17.5 Å². The normalized spacial score (nSPS) is 9.97. The van der Waals surface area contributed by atoms with Crippen LogP contribution in [0.25, 0.3) is 0 Å². The Hall–Kier alpha value is -3.38. The average Bonchev–Trinajstić information content (AvgIpc) is 2.76. The van der Waals surface area contributed by atoms with Gasteiger partial charge in [-0.05, 0) is 26.0 Å². The number of hydrogen-bond donors (Lipinski definition) is 4. The molecule has 160 valence electrons. The van der Waals surface area contributed by atoms with Crippen molar-refractivity contribution in [1.82, 2.24) is 25.6 Å². The lowest BCUT2D eigenvalue weighted by molar-refractivity contribution is -0.120. The van der Waals surface area contributed by atoms with E-state index >= 15 is 0 Å². The number of anilines is 3. The predicted octanol–water partition coefficient (Wildman–Crippen LogP) is 1.91. The molecule has 2 aromatic heterocycles. The van der Waals surface area contributed by atoms with Gasteiger partial charge in [-0.2, -0.15) is 4.98 Å². The Balaban J connectivity index is 2.00. The molecule has 1 amide bonds. The maximum atomic E-state index is 11.4. The quantitative estimate of drug-likeness (QED) is 0.328. The van der Waals surface area contributed by atoms with Gasteiger partial charge in [0.1, 0.15) is 5.82 Å². The molecule has 2 heterocycles. The van der Waals surface area contributed by atoms with E-state index in [2.05, 4.69) is 55.0 Å². The van der Waals surface area contributed by atoms with Crippen molar-refractivity contribution in [2.75, 3.05) is 44.4 Å². The molecule has 0 spiro atoms. The molecule has 0 radical (unpaired) electrons. The highest BCUT2D eigenvalue weighted by Crippen LogP contribution is 2.19. The summed E-state index contributed by atoms with van der Waals surface area (Å²) in [6, 6.07) is 3.58. The van der Waals surface area contributed by atoms with E-state index in [-0.39, 0.29) is 5.91 Å². The van der Waals surface area contributed by atoms with E-state index in [1.165, 1.54) is 0 Å². The van der Waals surface area contributed by atoms with Crippen molar-refractivity contribution in [3.8, 4) is 17.7 Å². The molecule has 0 atom stereocenters. The summed E-state index contributed by atoms with van der Waals surface area (Å²) in [5, 5.41) is 12.1. The molecular weight excluding hydrogens is 382 g/mol. The van der Waals surface area contributed by atoms with Crippen molar-refractivity contribution in [1.29, 1.82) is 0 Å². The third kappa shape index (κ3) is 7.93. The van der Waals surface area contributed by atoms with Crippen molar-refractivity contribution in [2.24, 2.45) is 0 Å². The van der Waals surface area contributed by atoms with Crippen LogP contribution < -0.4 is 26.0 Å². The number of amides is 1. The number of likely N-dealkylation sites (N-methyl/N-ethyl adjacent to an activating group) is 1. The van der Waals surface area contributed by atoms with Crippen LogP contribution in [0.1, 0.15) is 31.7 Å². The number of rotatable bonds is 11. The summed E-state index contributed by atoms with van der Waals surface area (Å²) in [7, 11) is 3.31. The molecule has 0 unspecified atom stereocenters. The van der Waals surface area contributed by atoms with E-state index in [4.69, 9.17) is 4.74 Å². The van der Waals surface area contributed by atoms with Crippen LogP contribution in [0.5, 0.6) is 5.88 Å². The van der Waals surface area contributed by atoms with E-state index in [9.17, 15) is 4.79 Å². The Morgan fingerprint density at radius 3 is 2.90 bits per heavy atom. The van der Waals surface area contributed by atoms with Crippen LogP contribution in [-0.4, -0.2) is 54.7 Å². The van der Waals surface area contributed by atoms with Gasteiger partial charge in [-0.3, -0.25) is 4.79 Å². The number of pyridine rings is 1. The van der Waals surface area contributed by atoms with E-state index in [1.807, 2.05) is 6.07 Å². The van der Waals surface area contributed by atoms with Crippen molar-refractivity contribution in [3.05, 3.63) is 30.1 Å². The van der Waals surface area contributed by atoms with Crippen LogP contribution in [-0.2, 0) is 4.79 Å². The average molecular weight is 412 g/mol. The van der Waals surface area contributed by atoms with Gasteiger partial charge in [0.25, 0.3) is 0 Å². The van der Waals surface area contributed by atoms with E-state index in [0.717, 1.165) is 30.6 Å². The number of hydrogen-bond acceptors (Lipinski definition) is 8. The smallest absolute Gasteiger partial charge is 0.233 e. The molecule has 0 saturated carbocycles. The number of carbonyl (C=O) groups excluding carboxylic acids is 1. The summed E-state index contributed by atoms with van der Waals surface area (Å²) in [5.41, 5.74) is 1.52. The Morgan fingerprint density at radius 2 is 2.13 bits per heavy atom. The van der Waals surface area contributed by atoms with Crippen LogP contribution in [0.15, 0.2) is 24.5 Å². The van der Waals surface area contributed by atoms with Gasteiger partial charge >= 0.3 is 0 Å². The minimum atomic E-state index is -0.0141. The molecule has 9 heteroatoms. The van der Waals surface area contributed by atoms with Crippen LogP contribution >= 0.6 is 0 Å². The highest BCUT2D eigenvalue weighted by atomic mass is 16.5. The summed E-state index contributed by atoms with van der Waals surface area (Å²) < 4.78 is 5.14. The lowest BCUT2D eigenvalue weighted by Gasteiger charge is -2.10. The summed E-state index contributed by atoms with van der Waals surface area (Å²) in [6.45, 7) is 3.79. The highest BCUT2D eigenvalue weighted by Gasteiger charge is 2.06. The molecule has 4 N–H and O–H groups in total. The maximum Gasteiger partial charge on any atom is 0.233 e. The second-order valence-corrected chi connectivity index (χ2v) is 6.38. The summed E-state index contributed by atoms with van der Waals surface area (Å²) in [6.07, 6.45) is 5.77. The number of methoxy groups -OCH3 is 1. The third-order valence-corrected chi connectivity index (χ3v) is 3.89. The second kappa shape index (κ2) is 13.0. The fourth-order valence-corrected chi connectivity index (χ4v) is 2.42. The van der Waals surface area contributed by atoms with E-state index in [1.54, 1.807) is 32.6 Å². The monoisotopic (exact) mass is 411 g/mol. The van der Waals surface area contributed by atoms with Crippen molar-refractivity contribution in [2.45, 2.75) is 26.2 Å². The number of unbranched alkanes of at least 4 members (excludes halogenated alkanes) is 1. The standard InChI is InChI=1S/C21H29N7O2/c1-4-10-25-20-16(8-6-5-7-11-23-18(29)15-22-2)14-26-21(28-20)27-17-9-12-24-19(13-17)30-3/h9,12-14,22H,4-5,7,10-11,15H2,1-3H3,(H,23,29)(H2,24,25,26,27,28). The summed E-state index contributed by atoms with van der Waals surface area (Å²) in [4.78, 5) is 24.4. The molecular formula is C21H29N7O2. The zero-order valence-electron chi connectivity index (χ0n) is 17.7. The van der Waals surface area contributed by atoms with Gasteiger partial charge in [0.05, 0.1) is 25.4 Å². The topological polar surface area (TPSA) is 113 Å². The van der Waals surface area contributed by atoms with Gasteiger partial charge in [0, 0.05) is 37.5 Å². The second-order valence-electron chi connectivity index (χ2n) is 6.38. The lowest BCUT2D eigenvalue weighted by Crippen LogP contribution is -2.32. The fourth-order valence-electron chi connectivity index (χ4n) is 2.42. The molecule has 9 nitrogen and oxygen atoms in total. The van der Waals surface area contributed by atoms with Crippen LogP contribution in [0.3, 0.4) is 0 Å². The molecule has 0 aliphatic rings. The molecule has 0 aliphatic carbocycles. The number of nitrogens with zero attached hydrogens (tertiary/aromatic N) is 3. The van der Waals surface area contributed by atoms with Gasteiger partial charge in [-0.25, -0.2) is 9.97 Å². The molecule has 30 heavy (non-hydrogen) atoms. The minimum Gasteiger partial charge on any atom is -0.481 e. The minimum absolute atomic E-state index is 0.0141. The first-order chi connectivity index (χ1) is 14.7. The zero-order chi connectivity index (χ0) is 21.6. The number of carbonyl (C=O) groups is 1. The Labute approximate surface area is 177 Å². The number of ether oxygens (including phenoxy) is 1. The largest absolute Gasteiger partial charge is 0.481 e. The zero-order valence-corrected chi connectivity index (χ0v) is 17.7. The summed E-state index contributed by atoms with van der Waals surface area (Å²) in [5.74, 6) is 7.89. The van der Waals surface area contributed by atoms with Crippen LogP contribution in [0, 0.1) is 11.8 Å². The first-order valence-corrected chi connectivity index (χ1v) is 9.94. The molecule has 2 aromatic rings. The first kappa shape index (κ1) is 22.9. The summed E-state index contributed by atoms with van der Waals surface area (Å²) >= 11 is 0. The van der Waals surface area contributed by atoms with Gasteiger partial charge in [-0.15, -0.1) is 0 Å². The molecule has 0 saturated heterocycles. The van der Waals surface area contributed by atoms with E-state index in [0.29, 0.717) is 37.2 Å². The Bertz CT molecular complexity index is 877. The van der Waals surface area contributed by atoms with Gasteiger partial charge in [0.15, 0.2) is 0 Å². The third-order valence-electron chi connectivity index (χ3n) is 3.89. The Kier molecular flexibility index (Phi) is 9.89. The van der Waals surface area contributed by atoms with Gasteiger partial charge < -0.3 is 26.0 Å². The van der Waals surface area contributed by atoms with Crippen molar-refractivity contribution < 1.29 is 9.53 Å². The van der Waals surface area contributed by atoms with Crippen molar-refractivity contribution in [3.63, 3.8) is 0 Å². The molecule has 0 aliphatic heterocycles. The molecule has 0 fully saturated rings. The maximum absolute atomic E-state index is 11.4. The lowest BCUT2D eigenvalue weighted by atomic mass is 10.2. The fraction of sp³-hybridized carbons (Fsp3) is 0.429. The number of aromatic nitrogens is 3. The number of nitrogens with one attached hydrogen (secondary N) is 4. The first-order valence-electron chi connectivity index (χ1n) is 9.94. The SMILES string of the molecule is CCCNc1nc(Nc2ccnc(OC)c2)ncc1C#CCCCNC(=O)CNC. The predicted molar refractivity (Wildman–Crippen MR) is 118 cm³/mol. The van der Waals surface area contributed by atoms with E-state index < -0.39 is 0 Å².